The molecular formula is C12H24N2OS. The minimum absolute atomic E-state index is 0.151. The van der Waals surface area contributed by atoms with Gasteiger partial charge >= 0.3 is 0 Å². The predicted molar refractivity (Wildman–Crippen MR) is 70.5 cm³/mol. The van der Waals surface area contributed by atoms with E-state index in [0.717, 1.165) is 37.2 Å². The van der Waals surface area contributed by atoms with Crippen molar-refractivity contribution in [3.05, 3.63) is 0 Å². The van der Waals surface area contributed by atoms with E-state index in [2.05, 4.69) is 19.2 Å². The molecule has 1 fully saturated rings. The first-order valence-electron chi connectivity index (χ1n) is 6.27. The Hall–Kier alpha value is -0.220. The molecule has 0 radical (unpaired) electrons. The number of carbonyl (C=O) groups is 1. The largest absolute Gasteiger partial charge is 0.353 e. The molecule has 16 heavy (non-hydrogen) atoms. The molecule has 0 bridgehead atoms. The second kappa shape index (κ2) is 7.17. The summed E-state index contributed by atoms with van der Waals surface area (Å²) >= 11 is 1.87. The van der Waals surface area contributed by atoms with E-state index in [4.69, 9.17) is 5.73 Å². The maximum atomic E-state index is 11.9. The maximum absolute atomic E-state index is 11.9. The van der Waals surface area contributed by atoms with Gasteiger partial charge in [0.2, 0.25) is 5.91 Å². The Morgan fingerprint density at radius 2 is 2.31 bits per heavy atom. The van der Waals surface area contributed by atoms with Crippen molar-refractivity contribution in [3.8, 4) is 0 Å². The van der Waals surface area contributed by atoms with Crippen molar-refractivity contribution >= 4 is 17.7 Å². The van der Waals surface area contributed by atoms with E-state index in [1.165, 1.54) is 0 Å². The van der Waals surface area contributed by atoms with Crippen LogP contribution in [0.15, 0.2) is 0 Å². The Balaban J connectivity index is 2.27. The number of hydrogen-bond acceptors (Lipinski definition) is 3. The van der Waals surface area contributed by atoms with Crippen molar-refractivity contribution < 1.29 is 4.79 Å². The van der Waals surface area contributed by atoms with Crippen molar-refractivity contribution in [1.29, 1.82) is 0 Å². The van der Waals surface area contributed by atoms with Gasteiger partial charge in [-0.15, -0.1) is 0 Å². The second-order valence-corrected chi connectivity index (χ2v) is 6.01. The van der Waals surface area contributed by atoms with Crippen LogP contribution in [0.3, 0.4) is 0 Å². The van der Waals surface area contributed by atoms with Crippen molar-refractivity contribution in [2.75, 3.05) is 11.5 Å². The fraction of sp³-hybridized carbons (Fsp3) is 0.917. The molecule has 0 saturated heterocycles. The fourth-order valence-electron chi connectivity index (χ4n) is 2.16. The topological polar surface area (TPSA) is 55.1 Å². The molecule has 1 aliphatic rings. The molecule has 0 aromatic carbocycles. The Labute approximate surface area is 103 Å². The van der Waals surface area contributed by atoms with Gasteiger partial charge < -0.3 is 11.1 Å². The summed E-state index contributed by atoms with van der Waals surface area (Å²) in [7, 11) is 0. The summed E-state index contributed by atoms with van der Waals surface area (Å²) in [4.78, 5) is 11.9. The highest BCUT2D eigenvalue weighted by molar-refractivity contribution is 7.99. The van der Waals surface area contributed by atoms with E-state index >= 15 is 0 Å². The molecule has 0 spiro atoms. The lowest BCUT2D eigenvalue weighted by Gasteiger charge is -2.27. The molecule has 3 N–H and O–H groups in total. The molecule has 3 nitrogen and oxygen atoms in total. The fourth-order valence-corrected chi connectivity index (χ4v) is 2.84. The lowest BCUT2D eigenvalue weighted by Crippen LogP contribution is -2.42. The average Bonchev–Trinajstić information content (AvgIpc) is 2.26. The number of nitrogens with two attached hydrogens (primary N) is 1. The third kappa shape index (κ3) is 4.74. The Kier molecular flexibility index (Phi) is 6.21. The van der Waals surface area contributed by atoms with Crippen LogP contribution in [-0.4, -0.2) is 29.5 Å². The number of hydrogen-bond donors (Lipinski definition) is 2. The third-order valence-electron chi connectivity index (χ3n) is 3.05. The molecule has 3 atom stereocenters. The van der Waals surface area contributed by atoms with E-state index in [1.54, 1.807) is 0 Å². The van der Waals surface area contributed by atoms with Gasteiger partial charge in [0.05, 0.1) is 0 Å². The summed E-state index contributed by atoms with van der Waals surface area (Å²) in [5.41, 5.74) is 5.89. The first kappa shape index (κ1) is 13.8. The van der Waals surface area contributed by atoms with Gasteiger partial charge in [0.25, 0.3) is 0 Å². The van der Waals surface area contributed by atoms with Crippen LogP contribution in [0, 0.1) is 5.92 Å². The first-order chi connectivity index (χ1) is 7.63. The van der Waals surface area contributed by atoms with Crippen LogP contribution in [0.2, 0.25) is 0 Å². The highest BCUT2D eigenvalue weighted by Crippen LogP contribution is 2.23. The first-order valence-corrected chi connectivity index (χ1v) is 7.42. The smallest absolute Gasteiger partial charge is 0.223 e. The highest BCUT2D eigenvalue weighted by atomic mass is 32.2. The molecule has 4 heteroatoms. The SMILES string of the molecule is CCSCC(C)NC(=O)C1CCCC(N)C1. The molecule has 1 rings (SSSR count). The molecule has 1 saturated carbocycles. The van der Waals surface area contributed by atoms with Gasteiger partial charge in [-0.05, 0) is 31.9 Å². The molecule has 1 aliphatic carbocycles. The highest BCUT2D eigenvalue weighted by Gasteiger charge is 2.25. The molecule has 0 aromatic rings. The summed E-state index contributed by atoms with van der Waals surface area (Å²) in [6, 6.07) is 0.500. The van der Waals surface area contributed by atoms with E-state index in [1.807, 2.05) is 11.8 Å². The van der Waals surface area contributed by atoms with Crippen LogP contribution in [0.5, 0.6) is 0 Å². The Morgan fingerprint density at radius 3 is 2.94 bits per heavy atom. The van der Waals surface area contributed by atoms with Gasteiger partial charge in [0.15, 0.2) is 0 Å². The normalized spacial score (nSPS) is 27.4. The van der Waals surface area contributed by atoms with Gasteiger partial charge in [-0.1, -0.05) is 13.3 Å². The zero-order chi connectivity index (χ0) is 12.0. The number of rotatable bonds is 5. The predicted octanol–water partition coefficient (Wildman–Crippen LogP) is 1.76. The quantitative estimate of drug-likeness (QED) is 0.775. The molecular weight excluding hydrogens is 220 g/mol. The third-order valence-corrected chi connectivity index (χ3v) is 4.19. The second-order valence-electron chi connectivity index (χ2n) is 4.69. The standard InChI is InChI=1S/C12H24N2OS/c1-3-16-8-9(2)14-12(15)10-5-4-6-11(13)7-10/h9-11H,3-8,13H2,1-2H3,(H,14,15). The number of thioether (sulfide) groups is 1. The molecule has 0 heterocycles. The summed E-state index contributed by atoms with van der Waals surface area (Å²) in [5.74, 6) is 2.47. The van der Waals surface area contributed by atoms with Gasteiger partial charge in [-0.2, -0.15) is 11.8 Å². The van der Waals surface area contributed by atoms with Crippen molar-refractivity contribution in [2.24, 2.45) is 11.7 Å². The average molecular weight is 244 g/mol. The molecule has 3 unspecified atom stereocenters. The lowest BCUT2D eigenvalue weighted by molar-refractivity contribution is -0.126. The van der Waals surface area contributed by atoms with E-state index in [9.17, 15) is 4.79 Å². The lowest BCUT2D eigenvalue weighted by atomic mass is 9.85. The van der Waals surface area contributed by atoms with Gasteiger partial charge in [0.1, 0.15) is 0 Å². The van der Waals surface area contributed by atoms with Gasteiger partial charge in [-0.25, -0.2) is 0 Å². The molecule has 0 aliphatic heterocycles. The van der Waals surface area contributed by atoms with E-state index in [0.29, 0.717) is 0 Å². The number of nitrogens with one attached hydrogen (secondary N) is 1. The maximum Gasteiger partial charge on any atom is 0.223 e. The van der Waals surface area contributed by atoms with Crippen LogP contribution in [0.25, 0.3) is 0 Å². The van der Waals surface area contributed by atoms with Gasteiger partial charge in [-0.3, -0.25) is 4.79 Å². The zero-order valence-electron chi connectivity index (χ0n) is 10.4. The minimum Gasteiger partial charge on any atom is -0.353 e. The monoisotopic (exact) mass is 244 g/mol. The minimum atomic E-state index is 0.151. The summed E-state index contributed by atoms with van der Waals surface area (Å²) in [5, 5.41) is 3.09. The molecule has 0 aromatic heterocycles. The summed E-state index contributed by atoms with van der Waals surface area (Å²) < 4.78 is 0. The van der Waals surface area contributed by atoms with E-state index < -0.39 is 0 Å². The van der Waals surface area contributed by atoms with E-state index in [-0.39, 0.29) is 23.9 Å². The Bertz CT molecular complexity index is 223. The van der Waals surface area contributed by atoms with Crippen LogP contribution < -0.4 is 11.1 Å². The van der Waals surface area contributed by atoms with Crippen LogP contribution >= 0.6 is 11.8 Å². The molecule has 94 valence electrons. The Morgan fingerprint density at radius 1 is 1.56 bits per heavy atom. The van der Waals surface area contributed by atoms with Crippen molar-refractivity contribution in [1.82, 2.24) is 5.32 Å². The number of amides is 1. The zero-order valence-corrected chi connectivity index (χ0v) is 11.2. The summed E-state index contributed by atoms with van der Waals surface area (Å²) in [6.45, 7) is 4.21. The summed E-state index contributed by atoms with van der Waals surface area (Å²) in [6.07, 6.45) is 4.04. The van der Waals surface area contributed by atoms with Crippen LogP contribution in [0.1, 0.15) is 39.5 Å². The molecule has 1 amide bonds. The van der Waals surface area contributed by atoms with Crippen LogP contribution in [0.4, 0.5) is 0 Å². The van der Waals surface area contributed by atoms with Crippen LogP contribution in [-0.2, 0) is 4.79 Å². The van der Waals surface area contributed by atoms with Crippen molar-refractivity contribution in [2.45, 2.75) is 51.6 Å². The van der Waals surface area contributed by atoms with Crippen molar-refractivity contribution in [3.63, 3.8) is 0 Å². The van der Waals surface area contributed by atoms with Gasteiger partial charge in [0, 0.05) is 23.8 Å². The number of carbonyl (C=O) groups excluding carboxylic acids is 1.